The summed E-state index contributed by atoms with van der Waals surface area (Å²) >= 11 is 0. The number of carboxylic acids is 1. The number of aliphatic carboxylic acids is 1. The van der Waals surface area contributed by atoms with Gasteiger partial charge in [0.1, 0.15) is 0 Å². The van der Waals surface area contributed by atoms with E-state index in [-0.39, 0.29) is 11.7 Å². The Labute approximate surface area is 218 Å². The van der Waals surface area contributed by atoms with E-state index in [2.05, 4.69) is 0 Å². The van der Waals surface area contributed by atoms with Crippen LogP contribution in [0, 0.1) is 0 Å². The van der Waals surface area contributed by atoms with Crippen molar-refractivity contribution < 1.29 is 29.3 Å². The largest absolute Gasteiger partial charge is 0.504 e. The number of carboxylic acid groups (broad SMARTS) is 1. The third kappa shape index (κ3) is 17.9. The molecule has 0 aliphatic carbocycles. The van der Waals surface area contributed by atoms with Gasteiger partial charge >= 0.3 is 11.9 Å². The number of rotatable bonds is 23. The van der Waals surface area contributed by atoms with E-state index in [9.17, 15) is 14.7 Å². The molecule has 0 spiro atoms. The molecule has 2 N–H and O–H groups in total. The lowest BCUT2D eigenvalue weighted by atomic mass is 10.0. The predicted molar refractivity (Wildman–Crippen MR) is 145 cm³/mol. The number of phenolic OH excluding ortho intramolecular Hbond substituents is 1. The molecule has 204 valence electrons. The minimum Gasteiger partial charge on any atom is -0.504 e. The molecule has 0 unspecified atom stereocenters. The zero-order chi connectivity index (χ0) is 26.3. The lowest BCUT2D eigenvalue weighted by molar-refractivity contribution is -0.138. The molecule has 0 aromatic heterocycles. The van der Waals surface area contributed by atoms with Crippen LogP contribution in [0.5, 0.6) is 11.5 Å². The van der Waals surface area contributed by atoms with Gasteiger partial charge in [-0.3, -0.25) is 4.79 Å². The van der Waals surface area contributed by atoms with Crippen molar-refractivity contribution in [3.8, 4) is 11.5 Å². The molecule has 0 aliphatic rings. The number of carbonyl (C=O) groups excluding carboxylic acids is 1. The third-order valence-corrected chi connectivity index (χ3v) is 6.39. The van der Waals surface area contributed by atoms with Crippen molar-refractivity contribution >= 4 is 18.0 Å². The number of phenols is 1. The first-order chi connectivity index (χ1) is 17.5. The molecule has 1 aromatic carbocycles. The van der Waals surface area contributed by atoms with Crippen LogP contribution in [0.3, 0.4) is 0 Å². The average molecular weight is 505 g/mol. The smallest absolute Gasteiger partial charge is 0.330 e. The van der Waals surface area contributed by atoms with Gasteiger partial charge in [0, 0.05) is 12.5 Å². The van der Waals surface area contributed by atoms with Crippen LogP contribution in [0.4, 0.5) is 0 Å². The first-order valence-corrected chi connectivity index (χ1v) is 14.0. The Hall–Kier alpha value is -2.50. The highest BCUT2D eigenvalue weighted by Crippen LogP contribution is 2.26. The van der Waals surface area contributed by atoms with Gasteiger partial charge in [-0.05, 0) is 36.6 Å². The van der Waals surface area contributed by atoms with Gasteiger partial charge in [0.25, 0.3) is 0 Å². The van der Waals surface area contributed by atoms with E-state index in [1.54, 1.807) is 18.2 Å². The summed E-state index contributed by atoms with van der Waals surface area (Å²) in [5.41, 5.74) is 0.764. The molecule has 0 aliphatic heterocycles. The summed E-state index contributed by atoms with van der Waals surface area (Å²) in [4.78, 5) is 22.3. The number of carbonyl (C=O) groups is 2. The summed E-state index contributed by atoms with van der Waals surface area (Å²) in [5.74, 6) is -0.587. The maximum Gasteiger partial charge on any atom is 0.330 e. The molecule has 0 bridgehead atoms. The van der Waals surface area contributed by atoms with Crippen LogP contribution < -0.4 is 4.74 Å². The molecule has 0 fully saturated rings. The molecule has 0 radical (unpaired) electrons. The van der Waals surface area contributed by atoms with Crippen LogP contribution in [0.25, 0.3) is 6.08 Å². The van der Waals surface area contributed by atoms with Crippen molar-refractivity contribution in [2.24, 2.45) is 0 Å². The van der Waals surface area contributed by atoms with Gasteiger partial charge < -0.3 is 19.7 Å². The van der Waals surface area contributed by atoms with Gasteiger partial charge in [0.05, 0.1) is 13.7 Å². The number of hydrogen-bond acceptors (Lipinski definition) is 5. The molecule has 0 amide bonds. The molecule has 0 atom stereocenters. The van der Waals surface area contributed by atoms with Crippen LogP contribution in [-0.4, -0.2) is 35.9 Å². The molecule has 0 saturated heterocycles. The van der Waals surface area contributed by atoms with Crippen LogP contribution in [-0.2, 0) is 14.3 Å². The number of esters is 1. The number of aromatic hydroxyl groups is 1. The Kier molecular flexibility index (Phi) is 19.1. The monoisotopic (exact) mass is 504 g/mol. The third-order valence-electron chi connectivity index (χ3n) is 6.39. The van der Waals surface area contributed by atoms with E-state index in [4.69, 9.17) is 14.6 Å². The van der Waals surface area contributed by atoms with Gasteiger partial charge in [0.2, 0.25) is 0 Å². The lowest BCUT2D eigenvalue weighted by Gasteiger charge is -2.05. The minimum absolute atomic E-state index is 0.0688. The number of unbranched alkanes of at least 4 members (excludes halogenated alkanes) is 16. The van der Waals surface area contributed by atoms with E-state index in [0.29, 0.717) is 18.8 Å². The second-order valence-corrected chi connectivity index (χ2v) is 9.59. The lowest BCUT2D eigenvalue weighted by Crippen LogP contribution is -2.02. The maximum absolute atomic E-state index is 11.8. The van der Waals surface area contributed by atoms with Crippen molar-refractivity contribution in [2.45, 2.75) is 116 Å². The summed E-state index contributed by atoms with van der Waals surface area (Å²) in [6.07, 6.45) is 24.0. The first-order valence-electron chi connectivity index (χ1n) is 14.0. The molecule has 0 heterocycles. The van der Waals surface area contributed by atoms with Crippen molar-refractivity contribution in [2.75, 3.05) is 13.7 Å². The van der Waals surface area contributed by atoms with Gasteiger partial charge in [-0.2, -0.15) is 0 Å². The average Bonchev–Trinajstić information content (AvgIpc) is 2.86. The summed E-state index contributed by atoms with van der Waals surface area (Å²) in [6.45, 7) is 0.451. The molecule has 36 heavy (non-hydrogen) atoms. The Morgan fingerprint density at radius 3 is 1.69 bits per heavy atom. The Balaban J connectivity index is 1.83. The zero-order valence-corrected chi connectivity index (χ0v) is 22.3. The molecule has 1 rings (SSSR count). The Bertz CT molecular complexity index is 743. The number of ether oxygens (including phenoxy) is 2. The fourth-order valence-corrected chi connectivity index (χ4v) is 4.21. The highest BCUT2D eigenvalue weighted by atomic mass is 16.5. The highest BCUT2D eigenvalue weighted by Gasteiger charge is 2.02. The normalized spacial score (nSPS) is 11.1. The summed E-state index contributed by atoms with van der Waals surface area (Å²) in [7, 11) is 1.49. The zero-order valence-electron chi connectivity index (χ0n) is 22.3. The van der Waals surface area contributed by atoms with E-state index >= 15 is 0 Å². The number of hydrogen-bond donors (Lipinski definition) is 2. The quantitative estimate of drug-likeness (QED) is 0.0889. The summed E-state index contributed by atoms with van der Waals surface area (Å²) in [6, 6.07) is 4.91. The van der Waals surface area contributed by atoms with E-state index < -0.39 is 5.97 Å². The Morgan fingerprint density at radius 2 is 1.22 bits per heavy atom. The minimum atomic E-state index is -0.675. The van der Waals surface area contributed by atoms with Gasteiger partial charge in [-0.1, -0.05) is 102 Å². The van der Waals surface area contributed by atoms with Crippen molar-refractivity contribution in [1.29, 1.82) is 0 Å². The van der Waals surface area contributed by atoms with Crippen molar-refractivity contribution in [3.63, 3.8) is 0 Å². The number of benzene rings is 1. The second-order valence-electron chi connectivity index (χ2n) is 9.59. The summed E-state index contributed by atoms with van der Waals surface area (Å²) < 4.78 is 10.3. The summed E-state index contributed by atoms with van der Waals surface area (Å²) in [5, 5.41) is 18.2. The molecular formula is C30H48O6. The van der Waals surface area contributed by atoms with Crippen LogP contribution in [0.2, 0.25) is 0 Å². The highest BCUT2D eigenvalue weighted by molar-refractivity contribution is 5.87. The Morgan fingerprint density at radius 1 is 0.750 bits per heavy atom. The van der Waals surface area contributed by atoms with E-state index in [0.717, 1.165) is 31.2 Å². The fraction of sp³-hybridized carbons (Fsp3) is 0.667. The van der Waals surface area contributed by atoms with Crippen molar-refractivity contribution in [3.05, 3.63) is 29.8 Å². The van der Waals surface area contributed by atoms with Crippen LogP contribution in [0.1, 0.15) is 121 Å². The van der Waals surface area contributed by atoms with Crippen molar-refractivity contribution in [1.82, 2.24) is 0 Å². The number of methoxy groups -OCH3 is 1. The standard InChI is InChI=1S/C30H48O6/c1-35-28-25-26(20-22-27(28)31)21-23-30(34)36-24-18-16-14-12-10-8-6-4-2-3-5-7-9-11-13-15-17-19-29(32)33/h20-23,25,31H,2-19,24H2,1H3,(H,32,33)/b23-21+. The molecule has 0 saturated carbocycles. The fourth-order valence-electron chi connectivity index (χ4n) is 4.21. The van der Waals surface area contributed by atoms with Gasteiger partial charge in [-0.25, -0.2) is 4.79 Å². The van der Waals surface area contributed by atoms with Gasteiger partial charge in [-0.15, -0.1) is 0 Å². The molecule has 1 aromatic rings. The predicted octanol–water partition coefficient (Wildman–Crippen LogP) is 8.06. The first kappa shape index (κ1) is 31.5. The van der Waals surface area contributed by atoms with E-state index in [1.807, 2.05) is 0 Å². The molecule has 6 heteroatoms. The SMILES string of the molecule is COc1cc(/C=C/C(=O)OCCCCCCCCCCCCCCCCCCCC(=O)O)ccc1O. The second kappa shape index (κ2) is 21.8. The van der Waals surface area contributed by atoms with Gasteiger partial charge in [0.15, 0.2) is 11.5 Å². The molecular weight excluding hydrogens is 456 g/mol. The van der Waals surface area contributed by atoms with Crippen LogP contribution >= 0.6 is 0 Å². The topological polar surface area (TPSA) is 93.1 Å². The van der Waals surface area contributed by atoms with E-state index in [1.165, 1.54) is 103 Å². The molecule has 6 nitrogen and oxygen atoms in total. The maximum atomic E-state index is 11.8. The van der Waals surface area contributed by atoms with Crippen LogP contribution in [0.15, 0.2) is 24.3 Å².